The molecular weight excluding hydrogens is 332 g/mol. The lowest BCUT2D eigenvalue weighted by atomic mass is 10.0. The number of rotatable bonds is 6. The molecule has 0 bridgehead atoms. The summed E-state index contributed by atoms with van der Waals surface area (Å²) in [6, 6.07) is 15.6. The van der Waals surface area contributed by atoms with E-state index < -0.39 is 0 Å². The molecule has 1 heterocycles. The van der Waals surface area contributed by atoms with E-state index in [0.717, 1.165) is 47.6 Å². The number of unbranched alkanes of at least 4 members (excludes halogenated alkanes) is 1. The topological polar surface area (TPSA) is 44.0 Å². The molecule has 4 nitrogen and oxygen atoms in total. The number of hydrogen-bond acceptors (Lipinski definition) is 3. The van der Waals surface area contributed by atoms with Crippen molar-refractivity contribution in [3.8, 4) is 5.69 Å². The molecular formula is C20H22N2O2S. The third-order valence-corrected chi connectivity index (χ3v) is 5.26. The first-order valence-corrected chi connectivity index (χ1v) is 9.34. The first-order chi connectivity index (χ1) is 12.1. The molecule has 3 rings (SSSR count). The molecule has 0 radical (unpaired) electrons. The second-order valence-corrected chi connectivity index (χ2v) is 7.12. The summed E-state index contributed by atoms with van der Waals surface area (Å²) in [5, 5.41) is 0. The van der Waals surface area contributed by atoms with Crippen LogP contribution < -0.4 is 10.6 Å². The van der Waals surface area contributed by atoms with Crippen molar-refractivity contribution < 1.29 is 0 Å². The minimum Gasteiger partial charge on any atom is -0.255 e. The van der Waals surface area contributed by atoms with Gasteiger partial charge >= 0.3 is 10.6 Å². The summed E-state index contributed by atoms with van der Waals surface area (Å²) in [5.41, 5.74) is 3.89. The van der Waals surface area contributed by atoms with Crippen LogP contribution in [0, 0.1) is 6.92 Å². The molecule has 0 fully saturated rings. The van der Waals surface area contributed by atoms with Crippen molar-refractivity contribution in [3.05, 3.63) is 85.4 Å². The maximum atomic E-state index is 12.7. The predicted molar refractivity (Wildman–Crippen MR) is 103 cm³/mol. The molecule has 1 aromatic heterocycles. The van der Waals surface area contributed by atoms with Gasteiger partial charge in [0.05, 0.1) is 12.2 Å². The summed E-state index contributed by atoms with van der Waals surface area (Å²) in [4.78, 5) is 24.8. The molecule has 0 unspecified atom stereocenters. The third kappa shape index (κ3) is 3.82. The quantitative estimate of drug-likeness (QED) is 0.676. The van der Waals surface area contributed by atoms with E-state index in [1.807, 2.05) is 42.5 Å². The van der Waals surface area contributed by atoms with Crippen LogP contribution in [0.4, 0.5) is 0 Å². The Bertz CT molecular complexity index is 967. The first-order valence-electron chi connectivity index (χ1n) is 8.57. The fraction of sp³-hybridized carbons (Fsp3) is 0.300. The van der Waals surface area contributed by atoms with E-state index in [9.17, 15) is 9.59 Å². The maximum Gasteiger partial charge on any atom is 0.346 e. The van der Waals surface area contributed by atoms with Crippen LogP contribution >= 0.6 is 11.5 Å². The second-order valence-electron chi connectivity index (χ2n) is 6.22. The highest BCUT2D eigenvalue weighted by Crippen LogP contribution is 2.16. The fourth-order valence-corrected chi connectivity index (χ4v) is 3.66. The van der Waals surface area contributed by atoms with Gasteiger partial charge in [-0.25, -0.2) is 13.3 Å². The Hall–Kier alpha value is -2.40. The zero-order chi connectivity index (χ0) is 17.8. The van der Waals surface area contributed by atoms with Crippen LogP contribution in [0.1, 0.15) is 36.5 Å². The molecule has 0 N–H and O–H groups in total. The summed E-state index contributed by atoms with van der Waals surface area (Å²) in [6.45, 7) is 4.54. The summed E-state index contributed by atoms with van der Waals surface area (Å²) in [6.07, 6.45) is 3.36. The third-order valence-electron chi connectivity index (χ3n) is 4.34. The van der Waals surface area contributed by atoms with Crippen molar-refractivity contribution >= 4 is 11.5 Å². The van der Waals surface area contributed by atoms with Gasteiger partial charge in [-0.05, 0) is 48.6 Å². The standard InChI is InChI=1S/C20H22N2O2S/c1-3-4-10-17-11-12-18(13-15(17)2)22-19(23)21(20(24)25-22)14-16-8-6-5-7-9-16/h5-9,11-13H,3-4,10,14H2,1-2H3. The first kappa shape index (κ1) is 17.4. The molecule has 0 spiro atoms. The summed E-state index contributed by atoms with van der Waals surface area (Å²) >= 11 is 0.957. The van der Waals surface area contributed by atoms with E-state index in [-0.39, 0.29) is 10.6 Å². The largest absolute Gasteiger partial charge is 0.346 e. The lowest BCUT2D eigenvalue weighted by molar-refractivity contribution is 0.722. The van der Waals surface area contributed by atoms with Gasteiger partial charge in [-0.15, -0.1) is 0 Å². The minimum absolute atomic E-state index is 0.235. The number of hydrogen-bond donors (Lipinski definition) is 0. The molecule has 2 aromatic carbocycles. The highest BCUT2D eigenvalue weighted by atomic mass is 32.1. The summed E-state index contributed by atoms with van der Waals surface area (Å²) in [5.74, 6) is 0. The molecule has 0 atom stereocenters. The Labute approximate surface area is 151 Å². The van der Waals surface area contributed by atoms with Gasteiger partial charge in [-0.2, -0.15) is 0 Å². The number of benzene rings is 2. The van der Waals surface area contributed by atoms with Crippen molar-refractivity contribution in [2.75, 3.05) is 0 Å². The maximum absolute atomic E-state index is 12.7. The van der Waals surface area contributed by atoms with E-state index in [1.54, 1.807) is 0 Å². The Balaban J connectivity index is 1.94. The number of nitrogens with zero attached hydrogens (tertiary/aromatic N) is 2. The van der Waals surface area contributed by atoms with Crippen molar-refractivity contribution in [2.45, 2.75) is 39.7 Å². The lowest BCUT2D eigenvalue weighted by Gasteiger charge is -2.08. The van der Waals surface area contributed by atoms with Gasteiger partial charge in [0.2, 0.25) is 0 Å². The SMILES string of the molecule is CCCCc1ccc(-n2sc(=O)n(Cc3ccccc3)c2=O)cc1C. The van der Waals surface area contributed by atoms with Crippen molar-refractivity contribution in [2.24, 2.45) is 0 Å². The van der Waals surface area contributed by atoms with Gasteiger partial charge in [0, 0.05) is 11.5 Å². The number of aromatic nitrogens is 2. The van der Waals surface area contributed by atoms with Crippen molar-refractivity contribution in [3.63, 3.8) is 0 Å². The molecule has 130 valence electrons. The average Bonchev–Trinajstić information content (AvgIpc) is 2.90. The van der Waals surface area contributed by atoms with Gasteiger partial charge < -0.3 is 0 Å². The molecule has 0 aliphatic rings. The van der Waals surface area contributed by atoms with Gasteiger partial charge in [0.25, 0.3) is 0 Å². The molecule has 25 heavy (non-hydrogen) atoms. The molecule has 0 saturated heterocycles. The highest BCUT2D eigenvalue weighted by Gasteiger charge is 2.13. The Morgan fingerprint density at radius 2 is 1.80 bits per heavy atom. The van der Waals surface area contributed by atoms with E-state index in [4.69, 9.17) is 0 Å². The molecule has 5 heteroatoms. The van der Waals surface area contributed by atoms with Crippen molar-refractivity contribution in [1.29, 1.82) is 0 Å². The van der Waals surface area contributed by atoms with Crippen LogP contribution in [0.3, 0.4) is 0 Å². The zero-order valence-electron chi connectivity index (χ0n) is 14.6. The van der Waals surface area contributed by atoms with E-state index in [2.05, 4.69) is 19.9 Å². The normalized spacial score (nSPS) is 11.0. The van der Waals surface area contributed by atoms with Crippen LogP contribution in [-0.2, 0) is 13.0 Å². The smallest absolute Gasteiger partial charge is 0.255 e. The minimum atomic E-state index is -0.278. The van der Waals surface area contributed by atoms with E-state index >= 15 is 0 Å². The molecule has 0 saturated carbocycles. The van der Waals surface area contributed by atoms with Crippen LogP contribution in [0.15, 0.2) is 58.1 Å². The van der Waals surface area contributed by atoms with Gasteiger partial charge in [-0.3, -0.25) is 4.79 Å². The van der Waals surface area contributed by atoms with E-state index in [0.29, 0.717) is 6.54 Å². The van der Waals surface area contributed by atoms with Crippen LogP contribution in [0.5, 0.6) is 0 Å². The fourth-order valence-electron chi connectivity index (χ4n) is 2.87. The predicted octanol–water partition coefficient (Wildman–Crippen LogP) is 3.76. The van der Waals surface area contributed by atoms with Crippen LogP contribution in [0.2, 0.25) is 0 Å². The summed E-state index contributed by atoms with van der Waals surface area (Å²) < 4.78 is 2.78. The average molecular weight is 354 g/mol. The molecule has 0 amide bonds. The van der Waals surface area contributed by atoms with Crippen LogP contribution in [0.25, 0.3) is 5.69 Å². The monoisotopic (exact) mass is 354 g/mol. The zero-order valence-corrected chi connectivity index (χ0v) is 15.4. The van der Waals surface area contributed by atoms with Crippen LogP contribution in [-0.4, -0.2) is 8.52 Å². The Morgan fingerprint density at radius 3 is 2.48 bits per heavy atom. The Morgan fingerprint density at radius 1 is 1.04 bits per heavy atom. The van der Waals surface area contributed by atoms with Gasteiger partial charge in [-0.1, -0.05) is 49.7 Å². The molecule has 0 aliphatic heterocycles. The summed E-state index contributed by atoms with van der Waals surface area (Å²) in [7, 11) is 0. The Kier molecular flexibility index (Phi) is 5.34. The number of aryl methyl sites for hydroxylation is 2. The lowest BCUT2D eigenvalue weighted by Crippen LogP contribution is -2.28. The van der Waals surface area contributed by atoms with Gasteiger partial charge in [0.15, 0.2) is 0 Å². The van der Waals surface area contributed by atoms with E-state index in [1.165, 1.54) is 14.1 Å². The second kappa shape index (κ2) is 7.66. The molecule has 3 aromatic rings. The highest BCUT2D eigenvalue weighted by molar-refractivity contribution is 7.03. The molecule has 0 aliphatic carbocycles. The van der Waals surface area contributed by atoms with Gasteiger partial charge in [0.1, 0.15) is 0 Å². The van der Waals surface area contributed by atoms with Crippen molar-refractivity contribution in [1.82, 2.24) is 8.52 Å².